The van der Waals surface area contributed by atoms with Crippen molar-refractivity contribution in [3.05, 3.63) is 60.2 Å². The van der Waals surface area contributed by atoms with Gasteiger partial charge in [-0.15, -0.1) is 0 Å². The van der Waals surface area contributed by atoms with Crippen molar-refractivity contribution < 1.29 is 23.9 Å². The van der Waals surface area contributed by atoms with Crippen molar-refractivity contribution in [3.8, 4) is 5.75 Å². The van der Waals surface area contributed by atoms with Crippen molar-refractivity contribution in [2.24, 2.45) is 11.8 Å². The van der Waals surface area contributed by atoms with Crippen LogP contribution in [0.4, 0.5) is 5.69 Å². The summed E-state index contributed by atoms with van der Waals surface area (Å²) in [4.78, 5) is 40.7. The zero-order valence-corrected chi connectivity index (χ0v) is 26.9. The van der Waals surface area contributed by atoms with Crippen molar-refractivity contribution in [2.75, 3.05) is 19.0 Å². The molecule has 234 valence electrons. The fraction of sp³-hybridized carbons (Fsp3) is 0.515. The Labute approximate surface area is 260 Å². The van der Waals surface area contributed by atoms with E-state index < -0.39 is 29.6 Å². The van der Waals surface area contributed by atoms with Gasteiger partial charge in [-0.25, -0.2) is 0 Å². The molecule has 1 saturated heterocycles. The molecular formula is C33H46N4O5S. The summed E-state index contributed by atoms with van der Waals surface area (Å²) in [5.41, 5.74) is 0.760. The number of Topliss-reactive ketones (excluding diaryl/α,β-unsaturated/α-hetero) is 1. The Balaban J connectivity index is 1.77. The molecule has 0 saturated carbocycles. The number of hydrogen-bond acceptors (Lipinski definition) is 6. The topological polar surface area (TPSA) is 121 Å². The van der Waals surface area contributed by atoms with E-state index in [2.05, 4.69) is 35.1 Å². The highest BCUT2D eigenvalue weighted by Gasteiger charge is 2.50. The van der Waals surface area contributed by atoms with Crippen LogP contribution in [-0.4, -0.2) is 60.2 Å². The van der Waals surface area contributed by atoms with Crippen molar-refractivity contribution in [2.45, 2.75) is 84.0 Å². The third kappa shape index (κ3) is 10.9. The lowest BCUT2D eigenvalue weighted by Crippen LogP contribution is -2.57. The molecule has 0 radical (unpaired) electrons. The molecule has 43 heavy (non-hydrogen) atoms. The van der Waals surface area contributed by atoms with Crippen molar-refractivity contribution in [3.63, 3.8) is 0 Å². The second-order valence-corrected chi connectivity index (χ2v) is 12.6. The minimum atomic E-state index is -0.906. The Hall–Kier alpha value is -3.50. The zero-order chi connectivity index (χ0) is 31.6. The van der Waals surface area contributed by atoms with Crippen LogP contribution in [0.15, 0.2) is 54.6 Å². The van der Waals surface area contributed by atoms with Crippen LogP contribution in [0.1, 0.15) is 59.4 Å². The molecule has 4 N–H and O–H groups in total. The van der Waals surface area contributed by atoms with Crippen LogP contribution in [0.2, 0.25) is 0 Å². The molecule has 0 aromatic heterocycles. The van der Waals surface area contributed by atoms with Crippen LogP contribution in [0, 0.1) is 11.8 Å². The maximum absolute atomic E-state index is 13.8. The minimum Gasteiger partial charge on any atom is -0.497 e. The van der Waals surface area contributed by atoms with E-state index in [4.69, 9.17) is 21.7 Å². The second-order valence-electron chi connectivity index (χ2n) is 12.2. The minimum absolute atomic E-state index is 0.147. The number of carbonyl (C=O) groups excluding carboxylic acids is 3. The van der Waals surface area contributed by atoms with Gasteiger partial charge in [0.25, 0.3) is 0 Å². The van der Waals surface area contributed by atoms with Crippen molar-refractivity contribution in [1.82, 2.24) is 16.0 Å². The smallest absolute Gasteiger partial charge is 0.243 e. The number of thiocarbonyl (C=S) groups is 1. The van der Waals surface area contributed by atoms with Gasteiger partial charge >= 0.3 is 0 Å². The van der Waals surface area contributed by atoms with Crippen LogP contribution in [0.3, 0.4) is 0 Å². The van der Waals surface area contributed by atoms with Crippen LogP contribution in [-0.2, 0) is 25.5 Å². The predicted octanol–water partition coefficient (Wildman–Crippen LogP) is 4.40. The summed E-state index contributed by atoms with van der Waals surface area (Å²) in [6, 6.07) is 14.5. The van der Waals surface area contributed by atoms with E-state index in [0.717, 1.165) is 23.4 Å². The number of benzene rings is 2. The number of carbonyl (C=O) groups is 3. The van der Waals surface area contributed by atoms with Crippen LogP contribution < -0.4 is 26.0 Å². The molecular weight excluding hydrogens is 564 g/mol. The van der Waals surface area contributed by atoms with Crippen LogP contribution in [0.5, 0.6) is 5.75 Å². The lowest BCUT2D eigenvalue weighted by molar-refractivity contribution is -0.133. The largest absolute Gasteiger partial charge is 0.497 e. The van der Waals surface area contributed by atoms with Gasteiger partial charge in [0.05, 0.1) is 19.8 Å². The maximum Gasteiger partial charge on any atom is 0.243 e. The van der Waals surface area contributed by atoms with Gasteiger partial charge in [0, 0.05) is 12.1 Å². The summed E-state index contributed by atoms with van der Waals surface area (Å²) in [6.07, 6.45) is 2.02. The number of ether oxygens (including phenoxy) is 2. The summed E-state index contributed by atoms with van der Waals surface area (Å²) in [7, 11) is 1.60. The Morgan fingerprint density at radius 3 is 2.02 bits per heavy atom. The first kappa shape index (κ1) is 34.0. The first-order valence-electron chi connectivity index (χ1n) is 14.9. The van der Waals surface area contributed by atoms with E-state index in [1.54, 1.807) is 14.0 Å². The number of nitrogens with one attached hydrogen (secondary N) is 4. The first-order valence-corrected chi connectivity index (χ1v) is 15.4. The highest BCUT2D eigenvalue weighted by Crippen LogP contribution is 2.29. The molecule has 10 heteroatoms. The van der Waals surface area contributed by atoms with Crippen molar-refractivity contribution >= 4 is 40.6 Å². The highest BCUT2D eigenvalue weighted by molar-refractivity contribution is 7.80. The molecule has 1 fully saturated rings. The van der Waals surface area contributed by atoms with E-state index in [-0.39, 0.29) is 24.0 Å². The Morgan fingerprint density at radius 2 is 1.47 bits per heavy atom. The number of epoxide rings is 1. The third-order valence-electron chi connectivity index (χ3n) is 7.36. The number of amides is 2. The predicted molar refractivity (Wildman–Crippen MR) is 173 cm³/mol. The number of rotatable bonds is 16. The normalized spacial score (nSPS) is 17.9. The van der Waals surface area contributed by atoms with E-state index in [1.165, 1.54) is 0 Å². The molecule has 1 aliphatic rings. The molecule has 9 nitrogen and oxygen atoms in total. The molecule has 1 aliphatic heterocycles. The van der Waals surface area contributed by atoms with Crippen LogP contribution >= 0.6 is 12.2 Å². The summed E-state index contributed by atoms with van der Waals surface area (Å²) in [5, 5.41) is 12.5. The average Bonchev–Trinajstić information content (AvgIpc) is 3.72. The number of hydrogen-bond donors (Lipinski definition) is 4. The van der Waals surface area contributed by atoms with E-state index in [1.807, 2.05) is 68.4 Å². The molecule has 4 atom stereocenters. The fourth-order valence-corrected chi connectivity index (χ4v) is 4.95. The number of methoxy groups -OCH3 is 1. The van der Waals surface area contributed by atoms with Gasteiger partial charge in [-0.1, -0.05) is 58.0 Å². The third-order valence-corrected chi connectivity index (χ3v) is 7.58. The van der Waals surface area contributed by atoms with Gasteiger partial charge in [-0.3, -0.25) is 14.4 Å². The first-order chi connectivity index (χ1) is 20.4. The molecule has 0 spiro atoms. The number of ketones is 1. The number of anilines is 1. The standard InChI is InChI=1S/C33H46N4O5S/c1-21(2)12-17-26(37-32(43)34-24-13-15-25(41-6)16-14-24)30(39)36-28(19-23-10-8-7-9-11-23)31(40)35-27(18-22(3)4)29(38)33(5)20-42-33/h7-11,13-16,21-22,26-28H,12,17-20H2,1-6H3,(H,35,40)(H,36,39)(H2,34,37,43)/t26-,27-,28-,33?/m0/s1. The van der Waals surface area contributed by atoms with Crippen LogP contribution in [0.25, 0.3) is 0 Å². The van der Waals surface area contributed by atoms with E-state index >= 15 is 0 Å². The molecule has 0 aliphatic carbocycles. The Bertz CT molecular complexity index is 1230. The molecule has 2 aromatic rings. The maximum atomic E-state index is 13.8. The van der Waals surface area contributed by atoms with Gasteiger partial charge in [-0.2, -0.15) is 0 Å². The summed E-state index contributed by atoms with van der Waals surface area (Å²) in [5.74, 6) is 0.338. The quantitative estimate of drug-likeness (QED) is 0.163. The SMILES string of the molecule is COc1ccc(NC(=S)N[C@@H](CCC(C)C)C(=O)N[C@@H](Cc2ccccc2)C(=O)N[C@@H](CC(C)C)C(=O)C2(C)CO2)cc1. The van der Waals surface area contributed by atoms with E-state index in [9.17, 15) is 14.4 Å². The van der Waals surface area contributed by atoms with Gasteiger partial charge < -0.3 is 30.7 Å². The molecule has 2 amide bonds. The molecule has 1 unspecified atom stereocenters. The lowest BCUT2D eigenvalue weighted by Gasteiger charge is -2.27. The van der Waals surface area contributed by atoms with Gasteiger partial charge in [-0.05, 0) is 80.1 Å². The monoisotopic (exact) mass is 610 g/mol. The fourth-order valence-electron chi connectivity index (χ4n) is 4.69. The molecule has 1 heterocycles. The Morgan fingerprint density at radius 1 is 0.860 bits per heavy atom. The summed E-state index contributed by atoms with van der Waals surface area (Å²) >= 11 is 5.55. The van der Waals surface area contributed by atoms with Crippen molar-refractivity contribution in [1.29, 1.82) is 0 Å². The van der Waals surface area contributed by atoms with Gasteiger partial charge in [0.2, 0.25) is 11.8 Å². The second kappa shape index (κ2) is 15.8. The molecule has 2 aromatic carbocycles. The molecule has 0 bridgehead atoms. The highest BCUT2D eigenvalue weighted by atomic mass is 32.1. The van der Waals surface area contributed by atoms with Gasteiger partial charge in [0.15, 0.2) is 10.9 Å². The zero-order valence-electron chi connectivity index (χ0n) is 26.1. The molecule has 3 rings (SSSR count). The Kier molecular flexibility index (Phi) is 12.5. The summed E-state index contributed by atoms with van der Waals surface area (Å²) in [6.45, 7) is 10.3. The van der Waals surface area contributed by atoms with E-state index in [0.29, 0.717) is 30.5 Å². The summed E-state index contributed by atoms with van der Waals surface area (Å²) < 4.78 is 10.6. The lowest BCUT2D eigenvalue weighted by atomic mass is 9.93. The van der Waals surface area contributed by atoms with Gasteiger partial charge in [0.1, 0.15) is 23.4 Å². The average molecular weight is 611 g/mol.